The predicted molar refractivity (Wildman–Crippen MR) is 121 cm³/mol. The van der Waals surface area contributed by atoms with Crippen molar-refractivity contribution in [2.24, 2.45) is 0 Å². The lowest BCUT2D eigenvalue weighted by molar-refractivity contribution is -0.137. The molecule has 168 valence electrons. The summed E-state index contributed by atoms with van der Waals surface area (Å²) >= 11 is 1.18. The fourth-order valence-electron chi connectivity index (χ4n) is 3.28. The molecule has 0 aliphatic heterocycles. The maximum absolute atomic E-state index is 13.3. The maximum Gasteiger partial charge on any atom is 0.416 e. The fourth-order valence-corrected chi connectivity index (χ4v) is 4.38. The lowest BCUT2D eigenvalue weighted by atomic mass is 10.1. The first-order chi connectivity index (χ1) is 15.8. The van der Waals surface area contributed by atoms with E-state index in [-0.39, 0.29) is 5.69 Å². The molecule has 0 aliphatic rings. The second kappa shape index (κ2) is 9.50. The minimum atomic E-state index is -4.50. The number of anilines is 1. The molecule has 1 amide bonds. The average molecular weight is 469 g/mol. The molecule has 0 saturated heterocycles. The van der Waals surface area contributed by atoms with E-state index in [2.05, 4.69) is 15.5 Å². The van der Waals surface area contributed by atoms with Crippen LogP contribution in [0.15, 0.2) is 90.1 Å². The number of halogens is 3. The first-order valence-electron chi connectivity index (χ1n) is 10.00. The Morgan fingerprint density at radius 2 is 1.61 bits per heavy atom. The summed E-state index contributed by atoms with van der Waals surface area (Å²) in [7, 11) is 0. The van der Waals surface area contributed by atoms with Crippen molar-refractivity contribution < 1.29 is 18.0 Å². The molecule has 1 aromatic heterocycles. The molecule has 33 heavy (non-hydrogen) atoms. The van der Waals surface area contributed by atoms with Crippen LogP contribution in [0.25, 0.3) is 5.69 Å². The third-order valence-electron chi connectivity index (χ3n) is 4.83. The van der Waals surface area contributed by atoms with Gasteiger partial charge in [0.1, 0.15) is 11.1 Å². The van der Waals surface area contributed by atoms with Crippen LogP contribution >= 0.6 is 11.8 Å². The van der Waals surface area contributed by atoms with Gasteiger partial charge in [-0.2, -0.15) is 13.2 Å². The van der Waals surface area contributed by atoms with E-state index in [1.54, 1.807) is 24.3 Å². The third kappa shape index (κ3) is 5.25. The molecule has 0 unspecified atom stereocenters. The zero-order chi connectivity index (χ0) is 23.4. The molecule has 0 aliphatic carbocycles. The average Bonchev–Trinajstić information content (AvgIpc) is 3.18. The predicted octanol–water partition coefficient (Wildman–Crippen LogP) is 6.07. The van der Waals surface area contributed by atoms with Gasteiger partial charge in [0.25, 0.3) is 0 Å². The number of carbonyl (C=O) groups excluding carboxylic acids is 1. The lowest BCUT2D eigenvalue weighted by Gasteiger charge is -2.18. The van der Waals surface area contributed by atoms with E-state index in [4.69, 9.17) is 0 Å². The Morgan fingerprint density at radius 3 is 2.27 bits per heavy atom. The SMILES string of the molecule is Cc1nnc(S[C@H](C(=O)Nc2cccc(C(F)(F)F)c2)c2ccccc2)n1-c1ccccc1. The molecular formula is C24H19F3N4OS. The van der Waals surface area contributed by atoms with Gasteiger partial charge in [-0.05, 0) is 42.8 Å². The summed E-state index contributed by atoms with van der Waals surface area (Å²) in [5, 5.41) is 10.7. The molecule has 0 fully saturated rings. The second-order valence-corrected chi connectivity index (χ2v) is 8.25. The number of carbonyl (C=O) groups is 1. The minimum absolute atomic E-state index is 0.0667. The highest BCUT2D eigenvalue weighted by molar-refractivity contribution is 8.00. The number of amides is 1. The van der Waals surface area contributed by atoms with Crippen molar-refractivity contribution in [3.05, 3.63) is 102 Å². The van der Waals surface area contributed by atoms with E-state index >= 15 is 0 Å². The van der Waals surface area contributed by atoms with Gasteiger partial charge in [0.05, 0.1) is 5.56 Å². The highest BCUT2D eigenvalue weighted by Gasteiger charge is 2.31. The summed E-state index contributed by atoms with van der Waals surface area (Å²) in [5.74, 6) is 0.180. The van der Waals surface area contributed by atoms with E-state index in [1.165, 1.54) is 23.9 Å². The van der Waals surface area contributed by atoms with Gasteiger partial charge >= 0.3 is 6.18 Å². The Bertz CT molecular complexity index is 1240. The Kier molecular flexibility index (Phi) is 6.50. The number of hydrogen-bond donors (Lipinski definition) is 1. The molecule has 5 nitrogen and oxygen atoms in total. The lowest BCUT2D eigenvalue weighted by Crippen LogP contribution is -2.20. The quantitative estimate of drug-likeness (QED) is 0.349. The van der Waals surface area contributed by atoms with Crippen LogP contribution in [0.2, 0.25) is 0 Å². The van der Waals surface area contributed by atoms with Crippen LogP contribution in [-0.2, 0) is 11.0 Å². The largest absolute Gasteiger partial charge is 0.416 e. The van der Waals surface area contributed by atoms with Crippen molar-refractivity contribution in [2.75, 3.05) is 5.32 Å². The molecule has 3 aromatic carbocycles. The number of benzene rings is 3. The number of nitrogens with one attached hydrogen (secondary N) is 1. The Labute approximate surface area is 192 Å². The first-order valence-corrected chi connectivity index (χ1v) is 10.9. The Hall–Kier alpha value is -3.59. The van der Waals surface area contributed by atoms with Gasteiger partial charge in [-0.1, -0.05) is 66.4 Å². The number of nitrogens with zero attached hydrogens (tertiary/aromatic N) is 3. The van der Waals surface area contributed by atoms with Crippen LogP contribution in [0.1, 0.15) is 22.2 Å². The third-order valence-corrected chi connectivity index (χ3v) is 6.03. The van der Waals surface area contributed by atoms with Crippen LogP contribution in [0, 0.1) is 6.92 Å². The number of thioether (sulfide) groups is 1. The monoisotopic (exact) mass is 468 g/mol. The summed E-state index contributed by atoms with van der Waals surface area (Å²) in [4.78, 5) is 13.3. The van der Waals surface area contributed by atoms with Gasteiger partial charge in [0.2, 0.25) is 5.91 Å². The molecule has 9 heteroatoms. The van der Waals surface area contributed by atoms with E-state index in [0.717, 1.165) is 17.8 Å². The van der Waals surface area contributed by atoms with Gasteiger partial charge in [0, 0.05) is 11.4 Å². The smallest absolute Gasteiger partial charge is 0.325 e. The van der Waals surface area contributed by atoms with Crippen molar-refractivity contribution in [3.63, 3.8) is 0 Å². The highest BCUT2D eigenvalue weighted by Crippen LogP contribution is 2.37. The standard InChI is InChI=1S/C24H19F3N4OS/c1-16-29-30-23(31(16)20-13-6-3-7-14-20)33-21(17-9-4-2-5-10-17)22(32)28-19-12-8-11-18(15-19)24(25,26)27/h2-15,21H,1H3,(H,28,32)/t21-/m0/s1. The molecule has 0 saturated carbocycles. The molecule has 0 bridgehead atoms. The van der Waals surface area contributed by atoms with Crippen molar-refractivity contribution in [1.82, 2.24) is 14.8 Å². The van der Waals surface area contributed by atoms with Crippen molar-refractivity contribution in [1.29, 1.82) is 0 Å². The summed E-state index contributed by atoms with van der Waals surface area (Å²) in [6.45, 7) is 1.81. The summed E-state index contributed by atoms with van der Waals surface area (Å²) < 4.78 is 41.1. The van der Waals surface area contributed by atoms with Crippen molar-refractivity contribution >= 4 is 23.4 Å². The summed E-state index contributed by atoms with van der Waals surface area (Å²) in [6, 6.07) is 23.1. The molecule has 4 aromatic rings. The zero-order valence-electron chi connectivity index (χ0n) is 17.5. The number of aromatic nitrogens is 3. The van der Waals surface area contributed by atoms with Gasteiger partial charge < -0.3 is 5.32 Å². The van der Waals surface area contributed by atoms with Gasteiger partial charge in [-0.3, -0.25) is 9.36 Å². The van der Waals surface area contributed by atoms with Crippen LogP contribution in [0.5, 0.6) is 0 Å². The normalized spacial score (nSPS) is 12.4. The van der Waals surface area contributed by atoms with Crippen LogP contribution in [0.3, 0.4) is 0 Å². The molecule has 1 N–H and O–H groups in total. The fraction of sp³-hybridized carbons (Fsp3) is 0.125. The zero-order valence-corrected chi connectivity index (χ0v) is 18.3. The molecule has 4 rings (SSSR count). The van der Waals surface area contributed by atoms with Crippen LogP contribution in [0.4, 0.5) is 18.9 Å². The summed E-state index contributed by atoms with van der Waals surface area (Å²) in [5.41, 5.74) is 0.764. The number of para-hydroxylation sites is 1. The van der Waals surface area contributed by atoms with Crippen molar-refractivity contribution in [2.45, 2.75) is 23.5 Å². The topological polar surface area (TPSA) is 59.8 Å². The van der Waals surface area contributed by atoms with Gasteiger partial charge in [-0.15, -0.1) is 10.2 Å². The number of hydrogen-bond acceptors (Lipinski definition) is 4. The van der Waals surface area contributed by atoms with E-state index in [0.29, 0.717) is 16.5 Å². The van der Waals surface area contributed by atoms with E-state index in [1.807, 2.05) is 47.9 Å². The first kappa shape index (κ1) is 22.6. The Balaban J connectivity index is 1.66. The number of aryl methyl sites for hydroxylation is 1. The van der Waals surface area contributed by atoms with Gasteiger partial charge in [-0.25, -0.2) is 0 Å². The van der Waals surface area contributed by atoms with E-state index in [9.17, 15) is 18.0 Å². The number of alkyl halides is 3. The van der Waals surface area contributed by atoms with Gasteiger partial charge in [0.15, 0.2) is 5.16 Å². The highest BCUT2D eigenvalue weighted by atomic mass is 32.2. The summed E-state index contributed by atoms with van der Waals surface area (Å²) in [6.07, 6.45) is -4.50. The van der Waals surface area contributed by atoms with Crippen LogP contribution in [-0.4, -0.2) is 20.7 Å². The molecule has 1 atom stereocenters. The van der Waals surface area contributed by atoms with Crippen molar-refractivity contribution in [3.8, 4) is 5.69 Å². The molecular weight excluding hydrogens is 449 g/mol. The molecule has 1 heterocycles. The molecule has 0 radical (unpaired) electrons. The molecule has 0 spiro atoms. The minimum Gasteiger partial charge on any atom is -0.325 e. The van der Waals surface area contributed by atoms with E-state index < -0.39 is 22.9 Å². The number of rotatable bonds is 6. The van der Waals surface area contributed by atoms with Crippen LogP contribution < -0.4 is 5.32 Å². The maximum atomic E-state index is 13.3. The second-order valence-electron chi connectivity index (χ2n) is 7.18. The Morgan fingerprint density at radius 1 is 0.939 bits per heavy atom.